The van der Waals surface area contributed by atoms with Gasteiger partial charge in [0.1, 0.15) is 0 Å². The van der Waals surface area contributed by atoms with Crippen molar-refractivity contribution in [1.82, 2.24) is 19.5 Å². The number of ether oxygens (including phenoxy) is 2. The number of aromatic amines is 1. The van der Waals surface area contributed by atoms with E-state index in [1.165, 1.54) is 0 Å². The van der Waals surface area contributed by atoms with Crippen LogP contribution in [0.25, 0.3) is 27.5 Å². The zero-order valence-electron chi connectivity index (χ0n) is 15.7. The maximum absolute atomic E-state index is 5.16. The van der Waals surface area contributed by atoms with Crippen LogP contribution in [0.3, 0.4) is 0 Å². The van der Waals surface area contributed by atoms with Gasteiger partial charge in [-0.2, -0.15) is 0 Å². The van der Waals surface area contributed by atoms with E-state index in [2.05, 4.69) is 37.7 Å². The van der Waals surface area contributed by atoms with Gasteiger partial charge in [0.2, 0.25) is 11.8 Å². The molecule has 0 amide bonds. The minimum Gasteiger partial charge on any atom is -0.481 e. The van der Waals surface area contributed by atoms with Crippen LogP contribution in [0.1, 0.15) is 0 Å². The minimum atomic E-state index is 0.633. The van der Waals surface area contributed by atoms with Crippen LogP contribution in [0.4, 0.5) is 0 Å². The molecule has 4 heterocycles. The second-order valence-electron chi connectivity index (χ2n) is 6.10. The number of hydrogen-bond donors (Lipinski definition) is 1. The van der Waals surface area contributed by atoms with Crippen LogP contribution >= 0.6 is 0 Å². The molecule has 28 heavy (non-hydrogen) atoms. The molecule has 0 atom stereocenters. The fourth-order valence-corrected chi connectivity index (χ4v) is 2.97. The Bertz CT molecular complexity index is 1200. The van der Waals surface area contributed by atoms with E-state index in [0.29, 0.717) is 11.8 Å². The molecular weight excluding hydrogens is 352 g/mol. The lowest BCUT2D eigenvalue weighted by Crippen LogP contribution is -1.92. The number of H-pyrrole nitrogens is 1. The molecule has 5 rings (SSSR count). The molecule has 0 aliphatic carbocycles. The van der Waals surface area contributed by atoms with Crippen molar-refractivity contribution in [1.29, 1.82) is 0 Å². The molecule has 0 aliphatic heterocycles. The van der Waals surface area contributed by atoms with Gasteiger partial charge in [0, 0.05) is 53.4 Å². The predicted octanol–water partition coefficient (Wildman–Crippen LogP) is 4.61. The zero-order chi connectivity index (χ0) is 19.3. The first-order chi connectivity index (χ1) is 13.8. The summed E-state index contributed by atoms with van der Waals surface area (Å²) in [7, 11) is 3.24. The number of nitrogens with one attached hydrogen (secondary N) is 1. The van der Waals surface area contributed by atoms with Gasteiger partial charge in [-0.05, 0) is 24.3 Å². The third-order valence-electron chi connectivity index (χ3n) is 4.41. The smallest absolute Gasteiger partial charge is 0.215 e. The molecule has 0 saturated carbocycles. The Morgan fingerprint density at radius 3 is 2.29 bits per heavy atom. The van der Waals surface area contributed by atoms with Crippen LogP contribution in [0.15, 0.2) is 79.4 Å². The molecule has 0 unspecified atom stereocenters. The predicted molar refractivity (Wildman–Crippen MR) is 110 cm³/mol. The van der Waals surface area contributed by atoms with Crippen LogP contribution < -0.4 is 9.47 Å². The van der Waals surface area contributed by atoms with Gasteiger partial charge < -0.3 is 19.0 Å². The maximum Gasteiger partial charge on any atom is 0.215 e. The summed E-state index contributed by atoms with van der Waals surface area (Å²) in [6.07, 6.45) is 7.53. The fraction of sp³-hybridized carbons (Fsp3) is 0.0909. The molecular formula is C22H20N4O2. The zero-order valence-corrected chi connectivity index (χ0v) is 15.7. The van der Waals surface area contributed by atoms with E-state index in [9.17, 15) is 0 Å². The van der Waals surface area contributed by atoms with Crippen molar-refractivity contribution in [3.05, 3.63) is 79.4 Å². The van der Waals surface area contributed by atoms with Crippen LogP contribution in [-0.2, 0) is 0 Å². The molecule has 5 aromatic rings. The molecule has 1 aromatic carbocycles. The Kier molecular flexibility index (Phi) is 4.93. The molecule has 0 aliphatic rings. The van der Waals surface area contributed by atoms with E-state index in [0.717, 1.165) is 27.5 Å². The van der Waals surface area contributed by atoms with Crippen LogP contribution in [0.5, 0.6) is 11.8 Å². The Balaban J connectivity index is 0.000000151. The summed E-state index contributed by atoms with van der Waals surface area (Å²) in [6.45, 7) is 0. The van der Waals surface area contributed by atoms with Gasteiger partial charge in [-0.3, -0.25) is 0 Å². The molecule has 6 nitrogen and oxygen atoms in total. The molecule has 0 spiro atoms. The van der Waals surface area contributed by atoms with E-state index < -0.39 is 0 Å². The van der Waals surface area contributed by atoms with Gasteiger partial charge in [0.15, 0.2) is 0 Å². The summed E-state index contributed by atoms with van der Waals surface area (Å²) in [5.74, 6) is 1.27. The lowest BCUT2D eigenvalue weighted by atomic mass is 10.3. The third kappa shape index (κ3) is 3.53. The number of nitrogens with zero attached hydrogens (tertiary/aromatic N) is 3. The summed E-state index contributed by atoms with van der Waals surface area (Å²) < 4.78 is 12.2. The molecule has 0 saturated heterocycles. The quantitative estimate of drug-likeness (QED) is 0.502. The van der Waals surface area contributed by atoms with E-state index >= 15 is 0 Å². The van der Waals surface area contributed by atoms with Crippen molar-refractivity contribution >= 4 is 21.8 Å². The first-order valence-corrected chi connectivity index (χ1v) is 8.82. The van der Waals surface area contributed by atoms with Crippen molar-refractivity contribution in [2.45, 2.75) is 0 Å². The van der Waals surface area contributed by atoms with E-state index in [-0.39, 0.29) is 0 Å². The Hall–Kier alpha value is -3.80. The average molecular weight is 372 g/mol. The summed E-state index contributed by atoms with van der Waals surface area (Å²) in [5, 5.41) is 2.21. The largest absolute Gasteiger partial charge is 0.481 e. The highest BCUT2D eigenvalue weighted by atomic mass is 16.5. The Morgan fingerprint density at radius 1 is 0.821 bits per heavy atom. The summed E-state index contributed by atoms with van der Waals surface area (Å²) in [6, 6.07) is 18.1. The lowest BCUT2D eigenvalue weighted by molar-refractivity contribution is 0.398. The van der Waals surface area contributed by atoms with Gasteiger partial charge in [0.05, 0.1) is 25.3 Å². The van der Waals surface area contributed by atoms with Gasteiger partial charge in [-0.25, -0.2) is 9.97 Å². The van der Waals surface area contributed by atoms with Crippen molar-refractivity contribution < 1.29 is 9.47 Å². The first-order valence-electron chi connectivity index (χ1n) is 8.82. The number of rotatable bonds is 3. The van der Waals surface area contributed by atoms with Gasteiger partial charge >= 0.3 is 0 Å². The van der Waals surface area contributed by atoms with Crippen molar-refractivity contribution in [3.8, 4) is 17.4 Å². The molecule has 0 fully saturated rings. The summed E-state index contributed by atoms with van der Waals surface area (Å²) >= 11 is 0. The van der Waals surface area contributed by atoms with Crippen LogP contribution in [0, 0.1) is 0 Å². The van der Waals surface area contributed by atoms with Gasteiger partial charge in [-0.15, -0.1) is 0 Å². The molecule has 6 heteroatoms. The normalized spacial score (nSPS) is 10.5. The van der Waals surface area contributed by atoms with E-state index in [1.807, 2.05) is 55.0 Å². The number of fused-ring (bicyclic) bond motifs is 2. The summed E-state index contributed by atoms with van der Waals surface area (Å²) in [5.41, 5.74) is 3.29. The third-order valence-corrected chi connectivity index (χ3v) is 4.41. The standard InChI is InChI=1S/C14H12N2O.C8H8N2O/c1-17-14-9-13-11(10-15-14)7-8-16(13)12-5-3-2-4-6-12;1-11-8-4-7-6(5-10-8)2-3-9-7/h2-10H,1H3;2-5,9H,1H3. The minimum absolute atomic E-state index is 0.633. The fourth-order valence-electron chi connectivity index (χ4n) is 2.97. The van der Waals surface area contributed by atoms with Crippen molar-refractivity contribution in [2.75, 3.05) is 14.2 Å². The monoisotopic (exact) mass is 372 g/mol. The highest BCUT2D eigenvalue weighted by Gasteiger charge is 2.04. The topological polar surface area (TPSA) is 65.0 Å². The number of pyridine rings is 2. The SMILES string of the molecule is COc1cc2[nH]ccc2cn1.COc1cc2c(ccn2-c2ccccc2)cn1. The van der Waals surface area contributed by atoms with E-state index in [4.69, 9.17) is 9.47 Å². The molecule has 0 radical (unpaired) electrons. The molecule has 4 aromatic heterocycles. The number of benzene rings is 1. The average Bonchev–Trinajstić information content (AvgIpc) is 3.40. The van der Waals surface area contributed by atoms with Gasteiger partial charge in [0.25, 0.3) is 0 Å². The van der Waals surface area contributed by atoms with Gasteiger partial charge in [-0.1, -0.05) is 18.2 Å². The molecule has 0 bridgehead atoms. The lowest BCUT2D eigenvalue weighted by Gasteiger charge is -2.05. The number of hydrogen-bond acceptors (Lipinski definition) is 4. The summed E-state index contributed by atoms with van der Waals surface area (Å²) in [4.78, 5) is 11.3. The molecule has 140 valence electrons. The van der Waals surface area contributed by atoms with Crippen LogP contribution in [-0.4, -0.2) is 33.7 Å². The number of para-hydroxylation sites is 1. The Morgan fingerprint density at radius 2 is 1.54 bits per heavy atom. The van der Waals surface area contributed by atoms with Crippen LogP contribution in [0.2, 0.25) is 0 Å². The van der Waals surface area contributed by atoms with Crippen molar-refractivity contribution in [3.63, 3.8) is 0 Å². The maximum atomic E-state index is 5.16. The second-order valence-corrected chi connectivity index (χ2v) is 6.10. The highest BCUT2D eigenvalue weighted by Crippen LogP contribution is 2.22. The van der Waals surface area contributed by atoms with E-state index in [1.54, 1.807) is 20.4 Å². The second kappa shape index (κ2) is 7.84. The molecule has 1 N–H and O–H groups in total. The highest BCUT2D eigenvalue weighted by molar-refractivity contribution is 5.82. The van der Waals surface area contributed by atoms with Crippen molar-refractivity contribution in [2.24, 2.45) is 0 Å². The number of methoxy groups -OCH3 is 2. The number of aromatic nitrogens is 4. The Labute approximate surface area is 162 Å². The first kappa shape index (κ1) is 17.6.